The van der Waals surface area contributed by atoms with Crippen molar-refractivity contribution in [2.75, 3.05) is 11.9 Å². The summed E-state index contributed by atoms with van der Waals surface area (Å²) in [5.74, 6) is -0.933. The molecule has 2 aromatic rings. The van der Waals surface area contributed by atoms with Crippen LogP contribution in [0, 0.1) is 0 Å². The van der Waals surface area contributed by atoms with E-state index in [9.17, 15) is 14.4 Å². The van der Waals surface area contributed by atoms with Gasteiger partial charge in [-0.25, -0.2) is 9.59 Å². The lowest BCUT2D eigenvalue weighted by Crippen LogP contribution is -2.39. The Balaban J connectivity index is 1.77. The van der Waals surface area contributed by atoms with Crippen LogP contribution in [-0.4, -0.2) is 39.3 Å². The van der Waals surface area contributed by atoms with Gasteiger partial charge in [-0.2, -0.15) is 5.10 Å². The maximum absolute atomic E-state index is 11.8. The van der Waals surface area contributed by atoms with Gasteiger partial charge >= 0.3 is 12.0 Å². The number of hydrogen-bond donors (Lipinski definition) is 4. The largest absolute Gasteiger partial charge is 0.479 e. The number of anilines is 1. The molecule has 0 aromatic carbocycles. The minimum Gasteiger partial charge on any atom is -0.479 e. The van der Waals surface area contributed by atoms with Crippen LogP contribution in [0.3, 0.4) is 0 Å². The summed E-state index contributed by atoms with van der Waals surface area (Å²) >= 11 is 0. The zero-order valence-electron chi connectivity index (χ0n) is 13.8. The second kappa shape index (κ2) is 7.51. The van der Waals surface area contributed by atoms with Gasteiger partial charge in [0.05, 0.1) is 31.2 Å². The maximum Gasteiger partial charge on any atom is 0.331 e. The van der Waals surface area contributed by atoms with Gasteiger partial charge in [0.25, 0.3) is 0 Å². The molecule has 25 heavy (non-hydrogen) atoms. The van der Waals surface area contributed by atoms with Gasteiger partial charge in [-0.1, -0.05) is 0 Å². The van der Waals surface area contributed by atoms with Crippen LogP contribution in [-0.2, 0) is 21.7 Å². The Morgan fingerprint density at radius 2 is 2.08 bits per heavy atom. The number of hydrogen-bond acceptors (Lipinski definition) is 5. The summed E-state index contributed by atoms with van der Waals surface area (Å²) in [7, 11) is 0. The lowest BCUT2D eigenvalue weighted by molar-refractivity contribution is -0.146. The third kappa shape index (κ3) is 4.83. The molecule has 4 N–H and O–H groups in total. The Kier molecular flexibility index (Phi) is 5.42. The Morgan fingerprint density at radius 1 is 1.32 bits per heavy atom. The van der Waals surface area contributed by atoms with Crippen LogP contribution in [0.25, 0.3) is 0 Å². The minimum atomic E-state index is -1.24. The van der Waals surface area contributed by atoms with Crippen molar-refractivity contribution in [3.05, 3.63) is 36.5 Å². The first-order valence-corrected chi connectivity index (χ1v) is 7.41. The molecule has 2 heterocycles. The van der Waals surface area contributed by atoms with E-state index in [1.807, 2.05) is 0 Å². The summed E-state index contributed by atoms with van der Waals surface area (Å²) in [5.41, 5.74) is -0.912. The number of furan rings is 1. The van der Waals surface area contributed by atoms with Crippen molar-refractivity contribution < 1.29 is 23.9 Å². The first kappa shape index (κ1) is 18.0. The molecular formula is C15H19N5O5. The van der Waals surface area contributed by atoms with Crippen LogP contribution in [0.1, 0.15) is 19.6 Å². The average molecular weight is 349 g/mol. The third-order valence-corrected chi connectivity index (χ3v) is 3.38. The monoisotopic (exact) mass is 349 g/mol. The molecule has 0 saturated heterocycles. The Labute approximate surface area is 143 Å². The lowest BCUT2D eigenvalue weighted by atomic mass is 10.1. The van der Waals surface area contributed by atoms with Gasteiger partial charge in [-0.05, 0) is 26.0 Å². The summed E-state index contributed by atoms with van der Waals surface area (Å²) in [6.07, 6.45) is 4.23. The number of rotatable bonds is 7. The highest BCUT2D eigenvalue weighted by Crippen LogP contribution is 2.17. The molecule has 2 rings (SSSR count). The molecule has 10 heteroatoms. The molecule has 10 nitrogen and oxygen atoms in total. The molecule has 0 aliphatic rings. The van der Waals surface area contributed by atoms with Crippen LogP contribution in [0.15, 0.2) is 35.2 Å². The molecule has 3 amide bonds. The molecule has 0 spiro atoms. The van der Waals surface area contributed by atoms with Crippen LogP contribution in [0.5, 0.6) is 0 Å². The van der Waals surface area contributed by atoms with Crippen molar-refractivity contribution >= 4 is 23.6 Å². The molecule has 0 radical (unpaired) electrons. The van der Waals surface area contributed by atoms with Crippen LogP contribution in [0.4, 0.5) is 10.5 Å². The van der Waals surface area contributed by atoms with E-state index < -0.39 is 23.4 Å². The third-order valence-electron chi connectivity index (χ3n) is 3.38. The number of nitrogens with zero attached hydrogens (tertiary/aromatic N) is 2. The van der Waals surface area contributed by atoms with Gasteiger partial charge in [0.2, 0.25) is 5.91 Å². The molecule has 0 bridgehead atoms. The van der Waals surface area contributed by atoms with Gasteiger partial charge in [-0.15, -0.1) is 0 Å². The Hall–Kier alpha value is -3.30. The van der Waals surface area contributed by atoms with Crippen molar-refractivity contribution in [3.8, 4) is 0 Å². The Bertz CT molecular complexity index is 750. The minimum absolute atomic E-state index is 0.206. The number of aromatic nitrogens is 2. The summed E-state index contributed by atoms with van der Waals surface area (Å²) in [5, 5.41) is 20.5. The van der Waals surface area contributed by atoms with Crippen molar-refractivity contribution in [1.29, 1.82) is 0 Å². The fourth-order valence-electron chi connectivity index (χ4n) is 1.80. The SMILES string of the molecule is CC(C)(C(=O)O)n1cc(NC(=O)CNC(=O)NCc2ccco2)cn1. The lowest BCUT2D eigenvalue weighted by Gasteiger charge is -2.19. The van der Waals surface area contributed by atoms with E-state index in [-0.39, 0.29) is 13.1 Å². The number of amides is 3. The molecule has 0 fully saturated rings. The molecular weight excluding hydrogens is 330 g/mol. The van der Waals surface area contributed by atoms with Crippen LogP contribution < -0.4 is 16.0 Å². The van der Waals surface area contributed by atoms with Gasteiger partial charge in [0.1, 0.15) is 5.76 Å². The average Bonchev–Trinajstić information content (AvgIpc) is 3.22. The van der Waals surface area contributed by atoms with E-state index in [4.69, 9.17) is 9.52 Å². The summed E-state index contributed by atoms with van der Waals surface area (Å²) < 4.78 is 6.29. The van der Waals surface area contributed by atoms with Crippen LogP contribution >= 0.6 is 0 Å². The quantitative estimate of drug-likeness (QED) is 0.581. The molecule has 134 valence electrons. The molecule has 2 aromatic heterocycles. The predicted octanol–water partition coefficient (Wildman–Crippen LogP) is 0.734. The van der Waals surface area contributed by atoms with Gasteiger partial charge in [0, 0.05) is 6.20 Å². The standard InChI is InChI=1S/C15H19N5O5/c1-15(2,13(22)23)20-9-10(6-18-20)19-12(21)8-17-14(24)16-7-11-4-3-5-25-11/h3-6,9H,7-8H2,1-2H3,(H,19,21)(H,22,23)(H2,16,17,24). The van der Waals surface area contributed by atoms with Crippen LogP contribution in [0.2, 0.25) is 0 Å². The highest BCUT2D eigenvalue weighted by molar-refractivity contribution is 5.94. The number of carboxylic acid groups (broad SMARTS) is 1. The highest BCUT2D eigenvalue weighted by atomic mass is 16.4. The predicted molar refractivity (Wildman–Crippen MR) is 86.8 cm³/mol. The van der Waals surface area contributed by atoms with Gasteiger partial charge in [0.15, 0.2) is 5.54 Å². The normalized spacial score (nSPS) is 11.0. The fourth-order valence-corrected chi connectivity index (χ4v) is 1.80. The summed E-state index contributed by atoms with van der Waals surface area (Å²) in [4.78, 5) is 34.6. The second-order valence-electron chi connectivity index (χ2n) is 5.70. The van der Waals surface area contributed by atoms with E-state index in [0.717, 1.165) is 0 Å². The number of carbonyl (C=O) groups is 3. The second-order valence-corrected chi connectivity index (χ2v) is 5.70. The summed E-state index contributed by atoms with van der Waals surface area (Å²) in [6.45, 7) is 2.92. The molecule has 0 aliphatic carbocycles. The number of nitrogens with one attached hydrogen (secondary N) is 3. The van der Waals surface area contributed by atoms with Crippen molar-refractivity contribution in [3.63, 3.8) is 0 Å². The van der Waals surface area contributed by atoms with Crippen molar-refractivity contribution in [2.24, 2.45) is 0 Å². The zero-order chi connectivity index (χ0) is 18.4. The molecule has 0 unspecified atom stereocenters. The van der Waals surface area contributed by atoms with Crippen molar-refractivity contribution in [2.45, 2.75) is 25.9 Å². The van der Waals surface area contributed by atoms with Gasteiger partial charge < -0.3 is 25.5 Å². The molecule has 0 saturated carbocycles. The van der Waals surface area contributed by atoms with E-state index in [0.29, 0.717) is 11.4 Å². The van der Waals surface area contributed by atoms with E-state index in [1.165, 1.54) is 37.2 Å². The van der Waals surface area contributed by atoms with E-state index in [2.05, 4.69) is 21.0 Å². The number of carbonyl (C=O) groups excluding carboxylic acids is 2. The first-order chi connectivity index (χ1) is 11.8. The van der Waals surface area contributed by atoms with Crippen molar-refractivity contribution in [1.82, 2.24) is 20.4 Å². The summed E-state index contributed by atoms with van der Waals surface area (Å²) in [6, 6.07) is 2.89. The van der Waals surface area contributed by atoms with E-state index in [1.54, 1.807) is 12.1 Å². The Morgan fingerprint density at radius 3 is 2.72 bits per heavy atom. The number of aliphatic carboxylic acids is 1. The molecule has 0 atom stereocenters. The zero-order valence-corrected chi connectivity index (χ0v) is 13.8. The van der Waals surface area contributed by atoms with E-state index >= 15 is 0 Å². The molecule has 0 aliphatic heterocycles. The topological polar surface area (TPSA) is 138 Å². The number of carboxylic acids is 1. The highest BCUT2D eigenvalue weighted by Gasteiger charge is 2.30. The maximum atomic E-state index is 11.8. The van der Waals surface area contributed by atoms with Gasteiger partial charge in [-0.3, -0.25) is 9.48 Å². The first-order valence-electron chi connectivity index (χ1n) is 7.41. The smallest absolute Gasteiger partial charge is 0.331 e. The number of urea groups is 1. The fraction of sp³-hybridized carbons (Fsp3) is 0.333.